The van der Waals surface area contributed by atoms with Crippen molar-refractivity contribution in [2.45, 2.75) is 19.6 Å². The van der Waals surface area contributed by atoms with Crippen LogP contribution in [0, 0.1) is 0 Å². The SMILES string of the molecule is CCOP(C)(=O)C(c1ccco1)N(C)C(C)=O. The summed E-state index contributed by atoms with van der Waals surface area (Å²) in [5.41, 5.74) is 0. The molecule has 0 radical (unpaired) electrons. The van der Waals surface area contributed by atoms with Gasteiger partial charge in [-0.1, -0.05) is 0 Å². The second-order valence-electron chi connectivity index (χ2n) is 3.85. The Morgan fingerprint density at radius 1 is 1.65 bits per heavy atom. The minimum atomic E-state index is -2.99. The van der Waals surface area contributed by atoms with Crippen molar-refractivity contribution in [2.75, 3.05) is 20.3 Å². The highest BCUT2D eigenvalue weighted by molar-refractivity contribution is 7.58. The molecular weight excluding hydrogens is 241 g/mol. The van der Waals surface area contributed by atoms with Crippen molar-refractivity contribution in [1.29, 1.82) is 0 Å². The molecule has 5 nitrogen and oxygen atoms in total. The van der Waals surface area contributed by atoms with Crippen LogP contribution in [0.1, 0.15) is 25.4 Å². The molecule has 2 atom stereocenters. The summed E-state index contributed by atoms with van der Waals surface area (Å²) >= 11 is 0. The summed E-state index contributed by atoms with van der Waals surface area (Å²) in [6.45, 7) is 5.03. The van der Waals surface area contributed by atoms with Gasteiger partial charge in [-0.05, 0) is 19.1 Å². The summed E-state index contributed by atoms with van der Waals surface area (Å²) < 4.78 is 23.0. The van der Waals surface area contributed by atoms with Crippen molar-refractivity contribution < 1.29 is 18.3 Å². The largest absolute Gasteiger partial charge is 0.467 e. The van der Waals surface area contributed by atoms with Gasteiger partial charge in [0.15, 0.2) is 5.78 Å². The van der Waals surface area contributed by atoms with Crippen LogP contribution in [-0.2, 0) is 13.9 Å². The molecule has 1 rings (SSSR count). The molecule has 0 aliphatic rings. The van der Waals surface area contributed by atoms with Gasteiger partial charge in [0.2, 0.25) is 13.3 Å². The van der Waals surface area contributed by atoms with E-state index in [9.17, 15) is 9.36 Å². The van der Waals surface area contributed by atoms with Gasteiger partial charge in [0.05, 0.1) is 12.9 Å². The lowest BCUT2D eigenvalue weighted by Crippen LogP contribution is -2.29. The molecular formula is C11H18NO4P. The van der Waals surface area contributed by atoms with Gasteiger partial charge in [-0.2, -0.15) is 0 Å². The zero-order valence-electron chi connectivity index (χ0n) is 10.5. The molecule has 0 N–H and O–H groups in total. The lowest BCUT2D eigenvalue weighted by atomic mass is 10.4. The minimum Gasteiger partial charge on any atom is -0.467 e. The monoisotopic (exact) mass is 259 g/mol. The Bertz CT molecular complexity index is 415. The van der Waals surface area contributed by atoms with E-state index in [1.165, 1.54) is 24.8 Å². The van der Waals surface area contributed by atoms with Crippen molar-refractivity contribution in [1.82, 2.24) is 4.90 Å². The molecule has 0 spiro atoms. The van der Waals surface area contributed by atoms with Crippen molar-refractivity contribution >= 4 is 13.3 Å². The predicted molar refractivity (Wildman–Crippen MR) is 65.0 cm³/mol. The van der Waals surface area contributed by atoms with E-state index in [1.807, 2.05) is 0 Å². The van der Waals surface area contributed by atoms with Gasteiger partial charge in [-0.25, -0.2) is 0 Å². The Kier molecular flexibility index (Phi) is 4.54. The number of furan rings is 1. The number of nitrogens with zero attached hydrogens (tertiary/aromatic N) is 1. The van der Waals surface area contributed by atoms with E-state index in [-0.39, 0.29) is 5.91 Å². The first-order valence-corrected chi connectivity index (χ1v) is 7.52. The fourth-order valence-corrected chi connectivity index (χ4v) is 3.73. The van der Waals surface area contributed by atoms with Crippen molar-refractivity contribution in [3.05, 3.63) is 24.2 Å². The normalized spacial score (nSPS) is 16.2. The maximum atomic E-state index is 12.5. The summed E-state index contributed by atoms with van der Waals surface area (Å²) in [7, 11) is -1.40. The van der Waals surface area contributed by atoms with Gasteiger partial charge in [-0.3, -0.25) is 9.36 Å². The van der Waals surface area contributed by atoms with E-state index in [0.717, 1.165) is 0 Å². The second kappa shape index (κ2) is 5.52. The van der Waals surface area contributed by atoms with Crippen LogP contribution in [0.3, 0.4) is 0 Å². The Morgan fingerprint density at radius 2 is 2.29 bits per heavy atom. The number of hydrogen-bond acceptors (Lipinski definition) is 4. The summed E-state index contributed by atoms with van der Waals surface area (Å²) in [4.78, 5) is 12.8. The fourth-order valence-electron chi connectivity index (χ4n) is 1.67. The van der Waals surface area contributed by atoms with Crippen LogP contribution in [0.2, 0.25) is 0 Å². The number of carbonyl (C=O) groups excluding carboxylic acids is 1. The molecule has 1 heterocycles. The zero-order chi connectivity index (χ0) is 13.1. The van der Waals surface area contributed by atoms with E-state index < -0.39 is 13.2 Å². The van der Waals surface area contributed by atoms with Crippen molar-refractivity contribution in [3.8, 4) is 0 Å². The Morgan fingerprint density at radius 3 is 2.71 bits per heavy atom. The molecule has 17 heavy (non-hydrogen) atoms. The predicted octanol–water partition coefficient (Wildman–Crippen LogP) is 2.70. The first-order valence-electron chi connectivity index (χ1n) is 5.38. The van der Waals surface area contributed by atoms with Crippen molar-refractivity contribution in [2.24, 2.45) is 0 Å². The number of rotatable bonds is 5. The number of amides is 1. The van der Waals surface area contributed by atoms with E-state index >= 15 is 0 Å². The van der Waals surface area contributed by atoms with E-state index in [2.05, 4.69) is 0 Å². The van der Waals surface area contributed by atoms with Crippen LogP contribution < -0.4 is 0 Å². The topological polar surface area (TPSA) is 59.8 Å². The number of carbonyl (C=O) groups is 1. The average Bonchev–Trinajstić information content (AvgIpc) is 2.70. The van der Waals surface area contributed by atoms with Gasteiger partial charge in [0, 0.05) is 20.6 Å². The third-order valence-corrected chi connectivity index (χ3v) is 4.75. The van der Waals surface area contributed by atoms with Crippen LogP contribution in [0.15, 0.2) is 22.8 Å². The molecule has 0 saturated heterocycles. The first kappa shape index (κ1) is 14.0. The van der Waals surface area contributed by atoms with Crippen LogP contribution in [0.5, 0.6) is 0 Å². The zero-order valence-corrected chi connectivity index (χ0v) is 11.4. The molecule has 0 bridgehead atoms. The van der Waals surface area contributed by atoms with Crippen LogP contribution >= 0.6 is 7.37 Å². The van der Waals surface area contributed by atoms with Crippen molar-refractivity contribution in [3.63, 3.8) is 0 Å². The molecule has 1 amide bonds. The molecule has 0 fully saturated rings. The maximum Gasteiger partial charge on any atom is 0.229 e. The van der Waals surface area contributed by atoms with Gasteiger partial charge >= 0.3 is 0 Å². The Labute approximate surface area is 101 Å². The van der Waals surface area contributed by atoms with Crippen LogP contribution in [-0.4, -0.2) is 31.1 Å². The highest BCUT2D eigenvalue weighted by atomic mass is 31.2. The highest BCUT2D eigenvalue weighted by Gasteiger charge is 2.37. The number of hydrogen-bond donors (Lipinski definition) is 0. The van der Waals surface area contributed by atoms with Gasteiger partial charge in [0.1, 0.15) is 5.76 Å². The average molecular weight is 259 g/mol. The lowest BCUT2D eigenvalue weighted by Gasteiger charge is -2.30. The van der Waals surface area contributed by atoms with Crippen LogP contribution in [0.4, 0.5) is 0 Å². The summed E-state index contributed by atoms with van der Waals surface area (Å²) in [5, 5.41) is 0. The molecule has 1 aromatic rings. The Balaban J connectivity index is 3.12. The fraction of sp³-hybridized carbons (Fsp3) is 0.545. The molecule has 96 valence electrons. The smallest absolute Gasteiger partial charge is 0.229 e. The third-order valence-electron chi connectivity index (χ3n) is 2.49. The molecule has 0 aliphatic carbocycles. The lowest BCUT2D eigenvalue weighted by molar-refractivity contribution is -0.128. The quantitative estimate of drug-likeness (QED) is 0.763. The van der Waals surface area contributed by atoms with Crippen LogP contribution in [0.25, 0.3) is 0 Å². The summed E-state index contributed by atoms with van der Waals surface area (Å²) in [6, 6.07) is 3.39. The molecule has 6 heteroatoms. The van der Waals surface area contributed by atoms with Gasteiger partial charge in [0.25, 0.3) is 0 Å². The molecule has 2 unspecified atom stereocenters. The maximum absolute atomic E-state index is 12.5. The molecule has 0 aliphatic heterocycles. The molecule has 0 saturated carbocycles. The first-order chi connectivity index (χ1) is 7.90. The minimum absolute atomic E-state index is 0.187. The third kappa shape index (κ3) is 3.20. The van der Waals surface area contributed by atoms with Gasteiger partial charge < -0.3 is 13.8 Å². The summed E-state index contributed by atoms with van der Waals surface area (Å²) in [5.74, 6) is -0.384. The van der Waals surface area contributed by atoms with Gasteiger partial charge in [-0.15, -0.1) is 0 Å². The van der Waals surface area contributed by atoms with E-state index in [4.69, 9.17) is 8.94 Å². The van der Waals surface area contributed by atoms with E-state index in [1.54, 1.807) is 26.1 Å². The Hall–Kier alpha value is -1.06. The molecule has 1 aromatic heterocycles. The second-order valence-corrected chi connectivity index (χ2v) is 6.41. The standard InChI is InChI=1S/C11H18NO4P/c1-5-16-17(4,14)11(12(3)9(2)13)10-7-6-8-15-10/h6-8,11H,5H2,1-4H3. The highest BCUT2D eigenvalue weighted by Crippen LogP contribution is 2.58. The molecule has 0 aromatic carbocycles. The summed E-state index contributed by atoms with van der Waals surface area (Å²) in [6.07, 6.45) is 1.49. The van der Waals surface area contributed by atoms with E-state index in [0.29, 0.717) is 12.4 Å².